The maximum Gasteiger partial charge on any atom is 0.341 e. The fourth-order valence-corrected chi connectivity index (χ4v) is 3.98. The molecule has 1 amide bonds. The van der Waals surface area contributed by atoms with Crippen molar-refractivity contribution in [3.05, 3.63) is 59.9 Å². The van der Waals surface area contributed by atoms with Crippen LogP contribution in [0.2, 0.25) is 0 Å². The van der Waals surface area contributed by atoms with E-state index in [1.165, 1.54) is 46.8 Å². The second-order valence-electron chi connectivity index (χ2n) is 5.72. The average Bonchev–Trinajstić information content (AvgIpc) is 2.67. The van der Waals surface area contributed by atoms with Crippen LogP contribution in [0.25, 0.3) is 0 Å². The highest BCUT2D eigenvalue weighted by molar-refractivity contribution is 7.89. The van der Waals surface area contributed by atoms with Gasteiger partial charge in [0, 0.05) is 18.8 Å². The van der Waals surface area contributed by atoms with Gasteiger partial charge in [0.2, 0.25) is 10.0 Å². The third kappa shape index (κ3) is 5.14. The van der Waals surface area contributed by atoms with Gasteiger partial charge >= 0.3 is 5.97 Å². The first-order valence-corrected chi connectivity index (χ1v) is 10.0. The number of rotatable bonds is 8. The summed E-state index contributed by atoms with van der Waals surface area (Å²) in [5, 5.41) is 2.46. The van der Waals surface area contributed by atoms with Gasteiger partial charge in [-0.2, -0.15) is 4.31 Å². The SMILES string of the molecule is CCN(CC)S(=O)(=O)c1cccc(NC(=O)COC(=O)c2ccccc2F)c1. The summed E-state index contributed by atoms with van der Waals surface area (Å²) < 4.78 is 44.7. The third-order valence-electron chi connectivity index (χ3n) is 3.89. The van der Waals surface area contributed by atoms with Crippen LogP contribution in [0.5, 0.6) is 0 Å². The summed E-state index contributed by atoms with van der Waals surface area (Å²) in [5.74, 6) is -2.39. The molecule has 0 heterocycles. The number of carbonyl (C=O) groups is 2. The van der Waals surface area contributed by atoms with Crippen LogP contribution in [0.1, 0.15) is 24.2 Å². The maximum absolute atomic E-state index is 13.5. The normalized spacial score (nSPS) is 11.3. The molecule has 0 saturated carbocycles. The Morgan fingerprint density at radius 1 is 1.07 bits per heavy atom. The van der Waals surface area contributed by atoms with Gasteiger partial charge in [0.15, 0.2) is 6.61 Å². The van der Waals surface area contributed by atoms with Crippen molar-refractivity contribution in [2.24, 2.45) is 0 Å². The lowest BCUT2D eigenvalue weighted by Gasteiger charge is -2.18. The average molecular weight is 408 g/mol. The second kappa shape index (κ2) is 9.43. The lowest BCUT2D eigenvalue weighted by molar-refractivity contribution is -0.119. The van der Waals surface area contributed by atoms with Gasteiger partial charge in [-0.15, -0.1) is 0 Å². The summed E-state index contributed by atoms with van der Waals surface area (Å²) >= 11 is 0. The Bertz CT molecular complexity index is 958. The van der Waals surface area contributed by atoms with Gasteiger partial charge in [-0.05, 0) is 30.3 Å². The van der Waals surface area contributed by atoms with E-state index in [2.05, 4.69) is 5.32 Å². The molecule has 150 valence electrons. The Morgan fingerprint density at radius 2 is 1.75 bits per heavy atom. The molecule has 0 bridgehead atoms. The highest BCUT2D eigenvalue weighted by atomic mass is 32.2. The number of amides is 1. The molecule has 0 aliphatic heterocycles. The number of hydrogen-bond donors (Lipinski definition) is 1. The van der Waals surface area contributed by atoms with E-state index in [4.69, 9.17) is 4.74 Å². The largest absolute Gasteiger partial charge is 0.452 e. The molecule has 28 heavy (non-hydrogen) atoms. The number of ether oxygens (including phenoxy) is 1. The van der Waals surface area contributed by atoms with Gasteiger partial charge < -0.3 is 10.1 Å². The van der Waals surface area contributed by atoms with Crippen molar-refractivity contribution >= 4 is 27.6 Å². The lowest BCUT2D eigenvalue weighted by atomic mass is 10.2. The summed E-state index contributed by atoms with van der Waals surface area (Å²) in [6, 6.07) is 11.0. The van der Waals surface area contributed by atoms with Gasteiger partial charge in [-0.1, -0.05) is 32.0 Å². The molecule has 0 unspecified atom stereocenters. The highest BCUT2D eigenvalue weighted by Crippen LogP contribution is 2.19. The van der Waals surface area contributed by atoms with Crippen LogP contribution < -0.4 is 5.32 Å². The van der Waals surface area contributed by atoms with E-state index in [1.807, 2.05) is 0 Å². The molecule has 7 nitrogen and oxygen atoms in total. The highest BCUT2D eigenvalue weighted by Gasteiger charge is 2.22. The summed E-state index contributed by atoms with van der Waals surface area (Å²) in [6.07, 6.45) is 0. The first-order chi connectivity index (χ1) is 13.3. The predicted molar refractivity (Wildman–Crippen MR) is 102 cm³/mol. The van der Waals surface area contributed by atoms with Crippen LogP contribution in [0, 0.1) is 5.82 Å². The van der Waals surface area contributed by atoms with Gasteiger partial charge in [0.1, 0.15) is 5.82 Å². The molecule has 0 atom stereocenters. The predicted octanol–water partition coefficient (Wildman–Crippen LogP) is 2.65. The Kier molecular flexibility index (Phi) is 7.24. The van der Waals surface area contributed by atoms with E-state index < -0.39 is 34.3 Å². The van der Waals surface area contributed by atoms with Crippen LogP contribution in [-0.4, -0.2) is 44.3 Å². The first-order valence-electron chi connectivity index (χ1n) is 8.61. The van der Waals surface area contributed by atoms with Gasteiger partial charge in [0.05, 0.1) is 10.5 Å². The molecule has 0 aliphatic carbocycles. The Balaban J connectivity index is 2.03. The molecular weight excluding hydrogens is 387 g/mol. The number of benzene rings is 2. The Labute approximate surface area is 163 Å². The lowest BCUT2D eigenvalue weighted by Crippen LogP contribution is -2.30. The van der Waals surface area contributed by atoms with Gasteiger partial charge in [-0.25, -0.2) is 17.6 Å². The number of halogens is 1. The molecule has 0 radical (unpaired) electrons. The van der Waals surface area contributed by atoms with Crippen molar-refractivity contribution < 1.29 is 27.1 Å². The zero-order valence-electron chi connectivity index (χ0n) is 15.5. The summed E-state index contributed by atoms with van der Waals surface area (Å²) in [7, 11) is -3.67. The smallest absolute Gasteiger partial charge is 0.341 e. The standard InChI is InChI=1S/C19H21FN2O5S/c1-3-22(4-2)28(25,26)15-9-7-8-14(12-15)21-18(23)13-27-19(24)16-10-5-6-11-17(16)20/h5-12H,3-4,13H2,1-2H3,(H,21,23). The molecular formula is C19H21FN2O5S. The van der Waals surface area contributed by atoms with Crippen molar-refractivity contribution in [2.45, 2.75) is 18.7 Å². The van der Waals surface area contributed by atoms with Gasteiger partial charge in [-0.3, -0.25) is 4.79 Å². The van der Waals surface area contributed by atoms with Crippen LogP contribution in [0.15, 0.2) is 53.4 Å². The number of nitrogens with one attached hydrogen (secondary N) is 1. The Morgan fingerprint density at radius 3 is 2.39 bits per heavy atom. The molecule has 0 aliphatic rings. The minimum Gasteiger partial charge on any atom is -0.452 e. The van der Waals surface area contributed by atoms with Gasteiger partial charge in [0.25, 0.3) is 5.91 Å². The van der Waals surface area contributed by atoms with Crippen LogP contribution in [0.3, 0.4) is 0 Å². The van der Waals surface area contributed by atoms with E-state index in [0.717, 1.165) is 6.07 Å². The summed E-state index contributed by atoms with van der Waals surface area (Å²) in [6.45, 7) is 3.47. The molecule has 0 aromatic heterocycles. The second-order valence-corrected chi connectivity index (χ2v) is 7.66. The first kappa shape index (κ1) is 21.5. The zero-order chi connectivity index (χ0) is 20.7. The zero-order valence-corrected chi connectivity index (χ0v) is 16.3. The number of esters is 1. The minimum atomic E-state index is -3.67. The van der Waals surface area contributed by atoms with Crippen LogP contribution >= 0.6 is 0 Å². The van der Waals surface area contributed by atoms with Crippen molar-refractivity contribution in [1.82, 2.24) is 4.31 Å². The van der Waals surface area contributed by atoms with E-state index in [9.17, 15) is 22.4 Å². The maximum atomic E-state index is 13.5. The molecule has 0 spiro atoms. The van der Waals surface area contributed by atoms with E-state index >= 15 is 0 Å². The minimum absolute atomic E-state index is 0.0392. The number of hydrogen-bond acceptors (Lipinski definition) is 5. The number of nitrogens with zero attached hydrogens (tertiary/aromatic N) is 1. The van der Waals surface area contributed by atoms with Crippen LogP contribution in [-0.2, 0) is 19.6 Å². The van der Waals surface area contributed by atoms with E-state index in [1.54, 1.807) is 13.8 Å². The van der Waals surface area contributed by atoms with Crippen molar-refractivity contribution in [2.75, 3.05) is 25.0 Å². The van der Waals surface area contributed by atoms with Crippen molar-refractivity contribution in [3.63, 3.8) is 0 Å². The third-order valence-corrected chi connectivity index (χ3v) is 5.93. The van der Waals surface area contributed by atoms with E-state index in [-0.39, 0.29) is 16.1 Å². The summed E-state index contributed by atoms with van der Waals surface area (Å²) in [4.78, 5) is 23.9. The summed E-state index contributed by atoms with van der Waals surface area (Å²) in [5.41, 5.74) is -0.0391. The fourth-order valence-electron chi connectivity index (χ4n) is 2.48. The molecule has 2 aromatic rings. The topological polar surface area (TPSA) is 92.8 Å². The Hall–Kier alpha value is -2.78. The number of anilines is 1. The number of carbonyl (C=O) groups excluding carboxylic acids is 2. The molecule has 2 aromatic carbocycles. The monoisotopic (exact) mass is 408 g/mol. The molecule has 9 heteroatoms. The quantitative estimate of drug-likeness (QED) is 0.678. The van der Waals surface area contributed by atoms with Crippen molar-refractivity contribution in [3.8, 4) is 0 Å². The molecule has 0 saturated heterocycles. The van der Waals surface area contributed by atoms with Crippen LogP contribution in [0.4, 0.5) is 10.1 Å². The van der Waals surface area contributed by atoms with Crippen molar-refractivity contribution in [1.29, 1.82) is 0 Å². The molecule has 0 fully saturated rings. The molecule has 1 N–H and O–H groups in total. The number of sulfonamides is 1. The molecule has 2 rings (SSSR count). The van der Waals surface area contributed by atoms with E-state index in [0.29, 0.717) is 13.1 Å². The fraction of sp³-hybridized carbons (Fsp3) is 0.263.